The molecule has 4 aliphatic rings. The van der Waals surface area contributed by atoms with Gasteiger partial charge < -0.3 is 31.7 Å². The van der Waals surface area contributed by atoms with E-state index in [2.05, 4.69) is 31.4 Å². The van der Waals surface area contributed by atoms with Gasteiger partial charge in [0, 0.05) is 32.6 Å². The number of hydrogen-bond acceptors (Lipinski definition) is 6. The van der Waals surface area contributed by atoms with Crippen LogP contribution in [0.25, 0.3) is 0 Å². The van der Waals surface area contributed by atoms with Gasteiger partial charge in [-0.05, 0) is 97.7 Å². The van der Waals surface area contributed by atoms with Crippen molar-refractivity contribution in [1.82, 2.24) is 10.6 Å². The second-order valence-corrected chi connectivity index (χ2v) is 12.9. The van der Waals surface area contributed by atoms with Gasteiger partial charge in [-0.25, -0.2) is 0 Å². The van der Waals surface area contributed by atoms with Crippen LogP contribution >= 0.6 is 0 Å². The summed E-state index contributed by atoms with van der Waals surface area (Å²) in [5.41, 5.74) is 5.37. The minimum Gasteiger partial charge on any atom is -0.393 e. The lowest BCUT2D eigenvalue weighted by Gasteiger charge is -2.63. The molecule has 35 heavy (non-hydrogen) atoms. The van der Waals surface area contributed by atoms with Crippen LogP contribution in [0.4, 0.5) is 0 Å². The molecule has 0 bridgehead atoms. The van der Waals surface area contributed by atoms with Crippen molar-refractivity contribution < 1.29 is 20.1 Å². The summed E-state index contributed by atoms with van der Waals surface area (Å²) in [6.07, 6.45) is 6.70. The van der Waals surface area contributed by atoms with E-state index in [9.17, 15) is 20.1 Å². The highest BCUT2D eigenvalue weighted by Gasteiger charge is 2.65. The smallest absolute Gasteiger partial charge is 0.220 e. The summed E-state index contributed by atoms with van der Waals surface area (Å²) in [6.45, 7) is 9.62. The molecule has 0 aromatic rings. The molecule has 4 saturated carbocycles. The predicted molar refractivity (Wildman–Crippen MR) is 137 cm³/mol. The zero-order valence-corrected chi connectivity index (χ0v) is 22.2. The molecular weight excluding hydrogens is 442 g/mol. The highest BCUT2D eigenvalue weighted by molar-refractivity contribution is 5.75. The molecule has 0 aromatic carbocycles. The van der Waals surface area contributed by atoms with Crippen molar-refractivity contribution >= 4 is 5.91 Å². The summed E-state index contributed by atoms with van der Waals surface area (Å²) in [7, 11) is 0. The quantitative estimate of drug-likeness (QED) is 0.273. The second-order valence-electron chi connectivity index (χ2n) is 12.9. The molecular formula is C28H51N3O4. The van der Waals surface area contributed by atoms with Crippen LogP contribution < -0.4 is 16.4 Å². The fourth-order valence-electron chi connectivity index (χ4n) is 9.30. The number of hydrogen-bond donors (Lipinski definition) is 6. The third-order valence-electron chi connectivity index (χ3n) is 11.3. The minimum absolute atomic E-state index is 0.0940. The number of carbonyl (C=O) groups is 1. The van der Waals surface area contributed by atoms with Crippen LogP contribution in [-0.4, -0.2) is 65.7 Å². The van der Waals surface area contributed by atoms with Crippen LogP contribution in [0, 0.1) is 46.3 Å². The Bertz CT molecular complexity index is 737. The van der Waals surface area contributed by atoms with E-state index in [4.69, 9.17) is 5.73 Å². The van der Waals surface area contributed by atoms with Crippen molar-refractivity contribution in [1.29, 1.82) is 0 Å². The van der Waals surface area contributed by atoms with Gasteiger partial charge in [0.15, 0.2) is 0 Å². The third-order valence-corrected chi connectivity index (χ3v) is 11.3. The fourth-order valence-corrected chi connectivity index (χ4v) is 9.30. The Labute approximate surface area is 212 Å². The summed E-state index contributed by atoms with van der Waals surface area (Å²) in [4.78, 5) is 12.4. The van der Waals surface area contributed by atoms with Crippen LogP contribution in [0.2, 0.25) is 0 Å². The summed E-state index contributed by atoms with van der Waals surface area (Å²) in [6, 6.07) is 0. The summed E-state index contributed by atoms with van der Waals surface area (Å²) in [5.74, 6) is 2.05. The summed E-state index contributed by atoms with van der Waals surface area (Å²) < 4.78 is 0. The van der Waals surface area contributed by atoms with Crippen molar-refractivity contribution in [2.45, 2.75) is 96.9 Å². The number of rotatable bonds is 9. The minimum atomic E-state index is -0.374. The first-order chi connectivity index (χ1) is 16.6. The van der Waals surface area contributed by atoms with Gasteiger partial charge in [0.1, 0.15) is 0 Å². The number of aliphatic hydroxyl groups excluding tert-OH is 3. The van der Waals surface area contributed by atoms with E-state index in [-0.39, 0.29) is 41.0 Å². The maximum absolute atomic E-state index is 12.4. The third kappa shape index (κ3) is 5.05. The average Bonchev–Trinajstić information content (AvgIpc) is 3.17. The molecule has 4 rings (SSSR count). The molecule has 0 aromatic heterocycles. The zero-order chi connectivity index (χ0) is 25.4. The molecule has 202 valence electrons. The molecule has 0 heterocycles. The Kier molecular flexibility index (Phi) is 8.54. The van der Waals surface area contributed by atoms with Gasteiger partial charge in [0.25, 0.3) is 0 Å². The van der Waals surface area contributed by atoms with Gasteiger partial charge in [0.2, 0.25) is 5.91 Å². The van der Waals surface area contributed by atoms with E-state index in [0.717, 1.165) is 64.5 Å². The van der Waals surface area contributed by atoms with E-state index in [1.807, 2.05) is 0 Å². The predicted octanol–water partition coefficient (Wildman–Crippen LogP) is 2.03. The molecule has 7 N–H and O–H groups in total. The SMILES string of the molecule is C[C@H](CCC(=O)NCCNCCN)[C@H]1CC[C@H]2[C@@H]3[C@H](O)C[C@@H]4C[C@H](O)CC[C@]4(C)[C@H]3C[C@H](O)[C@]12C. The number of nitrogens with one attached hydrogen (secondary N) is 2. The number of aliphatic hydroxyl groups is 3. The highest BCUT2D eigenvalue weighted by Crippen LogP contribution is 2.68. The first-order valence-corrected chi connectivity index (χ1v) is 14.3. The maximum atomic E-state index is 12.4. The molecule has 0 radical (unpaired) electrons. The molecule has 0 saturated heterocycles. The van der Waals surface area contributed by atoms with Gasteiger partial charge >= 0.3 is 0 Å². The van der Waals surface area contributed by atoms with Gasteiger partial charge in [-0.2, -0.15) is 0 Å². The number of carbonyl (C=O) groups excluding carboxylic acids is 1. The van der Waals surface area contributed by atoms with Gasteiger partial charge in [-0.15, -0.1) is 0 Å². The second kappa shape index (κ2) is 10.9. The Morgan fingerprint density at radius 2 is 1.80 bits per heavy atom. The lowest BCUT2D eigenvalue weighted by molar-refractivity contribution is -0.207. The van der Waals surface area contributed by atoms with E-state index < -0.39 is 0 Å². The number of fused-ring (bicyclic) bond motifs is 5. The molecule has 1 amide bonds. The Hall–Kier alpha value is -0.730. The van der Waals surface area contributed by atoms with Crippen LogP contribution in [0.15, 0.2) is 0 Å². The van der Waals surface area contributed by atoms with Gasteiger partial charge in [0.05, 0.1) is 18.3 Å². The Morgan fingerprint density at radius 1 is 1.03 bits per heavy atom. The van der Waals surface area contributed by atoms with Gasteiger partial charge in [-0.3, -0.25) is 4.79 Å². The first kappa shape index (κ1) is 27.3. The van der Waals surface area contributed by atoms with E-state index >= 15 is 0 Å². The standard InChI is InChI=1S/C28H51N3O4/c1-17(4-7-25(35)31-13-12-30-11-10-29)20-5-6-21-26-22(16-24(34)28(20,21)3)27(2)9-8-19(32)14-18(27)15-23(26)33/h17-24,26,30,32-34H,4-16,29H2,1-3H3,(H,31,35)/t17-,18+,19-,20-,21+,22+,23-,24+,26+,27+,28-/m1/s1. The van der Waals surface area contributed by atoms with Crippen molar-refractivity contribution in [2.75, 3.05) is 26.2 Å². The van der Waals surface area contributed by atoms with Crippen LogP contribution in [0.3, 0.4) is 0 Å². The van der Waals surface area contributed by atoms with E-state index in [0.29, 0.717) is 49.1 Å². The zero-order valence-electron chi connectivity index (χ0n) is 22.2. The fraction of sp³-hybridized carbons (Fsp3) is 0.964. The molecule has 4 fully saturated rings. The van der Waals surface area contributed by atoms with E-state index in [1.54, 1.807) is 0 Å². The number of nitrogens with two attached hydrogens (primary N) is 1. The van der Waals surface area contributed by atoms with Gasteiger partial charge in [-0.1, -0.05) is 20.8 Å². The summed E-state index contributed by atoms with van der Waals surface area (Å²) >= 11 is 0. The molecule has 7 nitrogen and oxygen atoms in total. The first-order valence-electron chi connectivity index (χ1n) is 14.3. The largest absolute Gasteiger partial charge is 0.393 e. The van der Waals surface area contributed by atoms with Crippen LogP contribution in [0.5, 0.6) is 0 Å². The lowest BCUT2D eigenvalue weighted by Crippen LogP contribution is -2.62. The normalized spacial score (nSPS) is 45.8. The van der Waals surface area contributed by atoms with Crippen molar-refractivity contribution in [3.05, 3.63) is 0 Å². The summed E-state index contributed by atoms with van der Waals surface area (Å²) in [5, 5.41) is 39.6. The van der Waals surface area contributed by atoms with Crippen molar-refractivity contribution in [3.8, 4) is 0 Å². The molecule has 4 aliphatic carbocycles. The molecule has 0 unspecified atom stereocenters. The Morgan fingerprint density at radius 3 is 2.54 bits per heavy atom. The molecule has 7 heteroatoms. The van der Waals surface area contributed by atoms with Crippen LogP contribution in [0.1, 0.15) is 78.6 Å². The van der Waals surface area contributed by atoms with Crippen LogP contribution in [-0.2, 0) is 4.79 Å². The van der Waals surface area contributed by atoms with Crippen molar-refractivity contribution in [3.63, 3.8) is 0 Å². The average molecular weight is 494 g/mol. The number of amides is 1. The maximum Gasteiger partial charge on any atom is 0.220 e. The topological polar surface area (TPSA) is 128 Å². The van der Waals surface area contributed by atoms with E-state index in [1.165, 1.54) is 0 Å². The Balaban J connectivity index is 1.40. The monoisotopic (exact) mass is 493 g/mol. The molecule has 0 aliphatic heterocycles. The highest BCUT2D eigenvalue weighted by atomic mass is 16.3. The van der Waals surface area contributed by atoms with Crippen molar-refractivity contribution in [2.24, 2.45) is 52.1 Å². The molecule has 0 spiro atoms. The lowest BCUT2D eigenvalue weighted by atomic mass is 9.43. The molecule has 11 atom stereocenters.